The van der Waals surface area contributed by atoms with Crippen molar-refractivity contribution in [2.45, 2.75) is 53.1 Å². The van der Waals surface area contributed by atoms with Gasteiger partial charge in [-0.25, -0.2) is 0 Å². The molecule has 0 aliphatic carbocycles. The molecule has 0 unspecified atom stereocenters. The molecule has 1 aliphatic heterocycles. The SMILES string of the molecule is COCCCN1C(=S)N[C@H](c2ccccn2)[C@@H]1c1cc(C)n(-c2c(C)cc(C)cc2C)c1C. The first-order valence-corrected chi connectivity index (χ1v) is 12.0. The minimum Gasteiger partial charge on any atom is -0.385 e. The predicted octanol–water partition coefficient (Wildman–Crippen LogP) is 5.42. The highest BCUT2D eigenvalue weighted by molar-refractivity contribution is 7.80. The number of aromatic nitrogens is 2. The van der Waals surface area contributed by atoms with E-state index in [2.05, 4.69) is 78.7 Å². The van der Waals surface area contributed by atoms with E-state index < -0.39 is 0 Å². The number of ether oxygens (including phenoxy) is 1. The van der Waals surface area contributed by atoms with Crippen molar-refractivity contribution in [3.63, 3.8) is 0 Å². The lowest BCUT2D eigenvalue weighted by Crippen LogP contribution is -2.31. The second-order valence-corrected chi connectivity index (χ2v) is 9.46. The van der Waals surface area contributed by atoms with Crippen molar-refractivity contribution < 1.29 is 4.74 Å². The number of hydrogen-bond acceptors (Lipinski definition) is 3. The third-order valence-corrected chi connectivity index (χ3v) is 6.95. The summed E-state index contributed by atoms with van der Waals surface area (Å²) >= 11 is 5.82. The predicted molar refractivity (Wildman–Crippen MR) is 138 cm³/mol. The monoisotopic (exact) mass is 462 g/mol. The van der Waals surface area contributed by atoms with Crippen LogP contribution in [0.1, 0.15) is 57.8 Å². The van der Waals surface area contributed by atoms with Gasteiger partial charge >= 0.3 is 0 Å². The molecule has 4 rings (SSSR count). The van der Waals surface area contributed by atoms with E-state index in [-0.39, 0.29) is 12.1 Å². The highest BCUT2D eigenvalue weighted by Gasteiger charge is 2.41. The van der Waals surface area contributed by atoms with E-state index in [9.17, 15) is 0 Å². The molecular weight excluding hydrogens is 428 g/mol. The molecule has 33 heavy (non-hydrogen) atoms. The normalized spacial score (nSPS) is 18.1. The van der Waals surface area contributed by atoms with E-state index in [1.165, 1.54) is 39.3 Å². The molecule has 0 radical (unpaired) electrons. The summed E-state index contributed by atoms with van der Waals surface area (Å²) in [6.45, 7) is 12.5. The molecule has 1 saturated heterocycles. The van der Waals surface area contributed by atoms with Gasteiger partial charge in [0.25, 0.3) is 0 Å². The maximum atomic E-state index is 5.82. The molecule has 1 N–H and O–H groups in total. The zero-order chi connectivity index (χ0) is 23.7. The number of hydrogen-bond donors (Lipinski definition) is 1. The number of methoxy groups -OCH3 is 1. The molecule has 0 amide bonds. The van der Waals surface area contributed by atoms with Gasteiger partial charge in [-0.1, -0.05) is 23.8 Å². The van der Waals surface area contributed by atoms with E-state index in [4.69, 9.17) is 17.0 Å². The molecule has 3 heterocycles. The number of rotatable bonds is 7. The Bertz CT molecular complexity index is 1130. The number of thiocarbonyl (C=S) groups is 1. The number of benzene rings is 1. The summed E-state index contributed by atoms with van der Waals surface area (Å²) in [5.41, 5.74) is 9.91. The van der Waals surface area contributed by atoms with Crippen LogP contribution in [-0.2, 0) is 4.74 Å². The van der Waals surface area contributed by atoms with Gasteiger partial charge in [0.15, 0.2) is 5.11 Å². The molecule has 3 aromatic rings. The van der Waals surface area contributed by atoms with Gasteiger partial charge in [-0.05, 0) is 88.1 Å². The third kappa shape index (κ3) is 4.42. The Morgan fingerprint density at radius 3 is 2.42 bits per heavy atom. The van der Waals surface area contributed by atoms with Gasteiger partial charge in [-0.15, -0.1) is 0 Å². The number of nitrogens with zero attached hydrogens (tertiary/aromatic N) is 3. The largest absolute Gasteiger partial charge is 0.385 e. The van der Waals surface area contributed by atoms with Crippen molar-refractivity contribution in [3.05, 3.63) is 81.9 Å². The fraction of sp³-hybridized carbons (Fsp3) is 0.407. The van der Waals surface area contributed by atoms with Crippen molar-refractivity contribution in [2.75, 3.05) is 20.3 Å². The molecule has 2 aromatic heterocycles. The van der Waals surface area contributed by atoms with Crippen molar-refractivity contribution >= 4 is 17.3 Å². The van der Waals surface area contributed by atoms with Gasteiger partial charge in [-0.2, -0.15) is 0 Å². The molecule has 1 aromatic carbocycles. The van der Waals surface area contributed by atoms with Crippen LogP contribution in [-0.4, -0.2) is 39.8 Å². The van der Waals surface area contributed by atoms with E-state index in [1.54, 1.807) is 7.11 Å². The summed E-state index contributed by atoms with van der Waals surface area (Å²) in [7, 11) is 1.74. The van der Waals surface area contributed by atoms with Crippen LogP contribution in [0.4, 0.5) is 0 Å². The third-order valence-electron chi connectivity index (χ3n) is 6.59. The Hall–Kier alpha value is -2.70. The van der Waals surface area contributed by atoms with Crippen LogP contribution in [0.5, 0.6) is 0 Å². The van der Waals surface area contributed by atoms with Crippen molar-refractivity contribution in [2.24, 2.45) is 0 Å². The Morgan fingerprint density at radius 1 is 1.06 bits per heavy atom. The summed E-state index contributed by atoms with van der Waals surface area (Å²) < 4.78 is 7.73. The highest BCUT2D eigenvalue weighted by Crippen LogP contribution is 2.42. The molecule has 0 spiro atoms. The molecule has 5 nitrogen and oxygen atoms in total. The lowest BCUT2D eigenvalue weighted by molar-refractivity contribution is 0.180. The smallest absolute Gasteiger partial charge is 0.170 e. The zero-order valence-corrected chi connectivity index (χ0v) is 21.3. The average Bonchev–Trinajstić information content (AvgIpc) is 3.25. The second-order valence-electron chi connectivity index (χ2n) is 9.08. The van der Waals surface area contributed by atoms with Crippen LogP contribution >= 0.6 is 12.2 Å². The van der Waals surface area contributed by atoms with E-state index in [1.807, 2.05) is 18.3 Å². The number of nitrogens with one attached hydrogen (secondary N) is 1. The first-order valence-electron chi connectivity index (χ1n) is 11.6. The molecule has 6 heteroatoms. The molecule has 1 aliphatic rings. The van der Waals surface area contributed by atoms with Crippen LogP contribution in [0.25, 0.3) is 5.69 Å². The number of pyridine rings is 1. The van der Waals surface area contributed by atoms with Gasteiger partial charge in [0.2, 0.25) is 0 Å². The molecule has 0 saturated carbocycles. The summed E-state index contributed by atoms with van der Waals surface area (Å²) in [4.78, 5) is 6.99. The van der Waals surface area contributed by atoms with Crippen LogP contribution < -0.4 is 5.32 Å². The van der Waals surface area contributed by atoms with Crippen LogP contribution in [0.15, 0.2) is 42.6 Å². The average molecular weight is 463 g/mol. The molecular formula is C27H34N4OS. The first-order chi connectivity index (χ1) is 15.8. The van der Waals surface area contributed by atoms with Crippen molar-refractivity contribution in [3.8, 4) is 5.69 Å². The van der Waals surface area contributed by atoms with Gasteiger partial charge in [-0.3, -0.25) is 4.98 Å². The minimum atomic E-state index is -0.00425. The first kappa shape index (κ1) is 23.5. The summed E-state index contributed by atoms with van der Waals surface area (Å²) in [6.07, 6.45) is 2.77. The highest BCUT2D eigenvalue weighted by atomic mass is 32.1. The second kappa shape index (κ2) is 9.65. The molecule has 1 fully saturated rings. The van der Waals surface area contributed by atoms with Gasteiger partial charge in [0, 0.05) is 37.8 Å². The van der Waals surface area contributed by atoms with Crippen molar-refractivity contribution in [1.82, 2.24) is 19.8 Å². The Balaban J connectivity index is 1.83. The summed E-state index contributed by atoms with van der Waals surface area (Å²) in [5, 5.41) is 4.34. The van der Waals surface area contributed by atoms with E-state index in [0.29, 0.717) is 6.61 Å². The molecule has 0 bridgehead atoms. The van der Waals surface area contributed by atoms with Crippen LogP contribution in [0.3, 0.4) is 0 Å². The summed E-state index contributed by atoms with van der Waals surface area (Å²) in [5.74, 6) is 0. The topological polar surface area (TPSA) is 42.3 Å². The van der Waals surface area contributed by atoms with E-state index >= 15 is 0 Å². The Kier molecular flexibility index (Phi) is 6.86. The van der Waals surface area contributed by atoms with Gasteiger partial charge in [0.1, 0.15) is 0 Å². The molecule has 2 atom stereocenters. The van der Waals surface area contributed by atoms with Gasteiger partial charge in [0.05, 0.1) is 23.5 Å². The Labute approximate surface area is 202 Å². The lowest BCUT2D eigenvalue weighted by Gasteiger charge is -2.28. The van der Waals surface area contributed by atoms with Crippen LogP contribution in [0.2, 0.25) is 0 Å². The number of aryl methyl sites for hydroxylation is 4. The fourth-order valence-corrected chi connectivity index (χ4v) is 5.65. The van der Waals surface area contributed by atoms with Crippen LogP contribution in [0, 0.1) is 34.6 Å². The quantitative estimate of drug-likeness (QED) is 0.375. The maximum absolute atomic E-state index is 5.82. The van der Waals surface area contributed by atoms with E-state index in [0.717, 1.165) is 23.8 Å². The minimum absolute atomic E-state index is 0.00425. The zero-order valence-electron chi connectivity index (χ0n) is 20.5. The Morgan fingerprint density at radius 2 is 1.79 bits per heavy atom. The maximum Gasteiger partial charge on any atom is 0.170 e. The van der Waals surface area contributed by atoms with Crippen molar-refractivity contribution in [1.29, 1.82) is 0 Å². The lowest BCUT2D eigenvalue weighted by atomic mass is 9.96. The standard InChI is InChI=1S/C27H34N4OS/c1-17-14-18(2)25(19(3)15-17)31-20(4)16-22(21(31)5)26-24(23-10-7-8-11-28-23)29-27(33)30(26)12-9-13-32-6/h7-8,10-11,14-16,24,26H,9,12-13H2,1-6H3,(H,29,33)/t24-,26+/m1/s1. The summed E-state index contributed by atoms with van der Waals surface area (Å²) in [6, 6.07) is 13.0. The fourth-order valence-electron chi connectivity index (χ4n) is 5.32. The molecule has 174 valence electrons. The van der Waals surface area contributed by atoms with Gasteiger partial charge < -0.3 is 19.5 Å².